The summed E-state index contributed by atoms with van der Waals surface area (Å²) < 4.78 is 44.8. The van der Waals surface area contributed by atoms with Gasteiger partial charge in [0.05, 0.1) is 6.61 Å². The Morgan fingerprint density at radius 2 is 2.17 bits per heavy atom. The number of nitrogens with two attached hydrogens (primary N) is 1. The number of rotatable bonds is 4. The van der Waals surface area contributed by atoms with E-state index in [0.717, 1.165) is 12.1 Å². The summed E-state index contributed by atoms with van der Waals surface area (Å²) in [7, 11) is 0. The second-order valence-electron chi connectivity index (χ2n) is 3.49. The fourth-order valence-electron chi connectivity index (χ4n) is 1.30. The molecule has 0 amide bonds. The normalized spacial score (nSPS) is 13.2. The lowest BCUT2D eigenvalue weighted by Gasteiger charge is -2.22. The molecule has 0 fully saturated rings. The smallest absolute Gasteiger partial charge is 0.379 e. The average molecular weight is 282 g/mol. The molecule has 0 aliphatic heterocycles. The summed E-state index contributed by atoms with van der Waals surface area (Å²) in [5.41, 5.74) is 4.72. The summed E-state index contributed by atoms with van der Waals surface area (Å²) in [5.74, 6) is -6.80. The van der Waals surface area contributed by atoms with Crippen molar-refractivity contribution in [1.82, 2.24) is 0 Å². The first-order valence-corrected chi connectivity index (χ1v) is 5.44. The molecule has 2 N–H and O–H groups in total. The van der Waals surface area contributed by atoms with Crippen molar-refractivity contribution in [3.63, 3.8) is 0 Å². The van der Waals surface area contributed by atoms with Gasteiger partial charge in [-0.3, -0.25) is 0 Å². The topological polar surface area (TPSA) is 52.3 Å². The second kappa shape index (κ2) is 5.58. The molecule has 3 nitrogen and oxygen atoms in total. The Morgan fingerprint density at radius 3 is 2.67 bits per heavy atom. The van der Waals surface area contributed by atoms with E-state index in [1.54, 1.807) is 0 Å². The quantitative estimate of drug-likeness (QED) is 0.863. The number of halogens is 4. The highest BCUT2D eigenvalue weighted by atomic mass is 35.5. The van der Waals surface area contributed by atoms with Crippen LogP contribution in [-0.4, -0.2) is 18.5 Å². The third-order valence-electron chi connectivity index (χ3n) is 2.24. The van der Waals surface area contributed by atoms with Crippen LogP contribution in [0.4, 0.5) is 13.2 Å². The van der Waals surface area contributed by atoms with E-state index >= 15 is 0 Å². The minimum Gasteiger partial charge on any atom is -0.462 e. The molecule has 0 heterocycles. The van der Waals surface area contributed by atoms with E-state index in [0.29, 0.717) is 0 Å². The van der Waals surface area contributed by atoms with Crippen LogP contribution in [0, 0.1) is 5.82 Å². The van der Waals surface area contributed by atoms with E-state index < -0.39 is 29.3 Å². The molecule has 0 radical (unpaired) electrons. The number of benzene rings is 1. The molecule has 0 saturated carbocycles. The number of carbonyl (C=O) groups excluding carboxylic acids is 1. The Bertz CT molecular complexity index is 454. The largest absolute Gasteiger partial charge is 0.462 e. The molecule has 1 aromatic carbocycles. The second-order valence-corrected chi connectivity index (χ2v) is 3.92. The van der Waals surface area contributed by atoms with Crippen molar-refractivity contribution < 1.29 is 22.7 Å². The fourth-order valence-corrected chi connectivity index (χ4v) is 1.46. The summed E-state index contributed by atoms with van der Waals surface area (Å²) in [6.07, 6.45) is 0. The molecule has 100 valence electrons. The Kier molecular flexibility index (Phi) is 4.59. The van der Waals surface area contributed by atoms with Gasteiger partial charge in [0.1, 0.15) is 11.9 Å². The number of alkyl halides is 2. The van der Waals surface area contributed by atoms with Crippen LogP contribution in [-0.2, 0) is 9.53 Å². The van der Waals surface area contributed by atoms with E-state index in [1.807, 2.05) is 0 Å². The third kappa shape index (κ3) is 2.94. The van der Waals surface area contributed by atoms with Gasteiger partial charge in [-0.2, -0.15) is 8.78 Å². The fraction of sp³-hybridized carbons (Fsp3) is 0.364. The molecule has 0 aliphatic carbocycles. The molecular formula is C11H11ClF3NO2. The standard InChI is InChI=1S/C11H11ClF3NO2/c1-2-18-10(17)11(14,15)9(16)7-4-3-6(12)5-8(7)13/h3-5,9H,2,16H2,1H3/t9-/m0/s1. The van der Waals surface area contributed by atoms with E-state index in [4.69, 9.17) is 17.3 Å². The summed E-state index contributed by atoms with van der Waals surface area (Å²) in [6, 6.07) is 0.933. The zero-order valence-corrected chi connectivity index (χ0v) is 10.2. The predicted molar refractivity (Wildman–Crippen MR) is 59.9 cm³/mol. The van der Waals surface area contributed by atoms with Crippen molar-refractivity contribution in [2.75, 3.05) is 6.61 Å². The summed E-state index contributed by atoms with van der Waals surface area (Å²) in [4.78, 5) is 11.1. The van der Waals surface area contributed by atoms with E-state index in [1.165, 1.54) is 13.0 Å². The molecule has 0 aromatic heterocycles. The third-order valence-corrected chi connectivity index (χ3v) is 2.47. The number of ether oxygens (including phenoxy) is 1. The van der Waals surface area contributed by atoms with Gasteiger partial charge in [0.25, 0.3) is 0 Å². The summed E-state index contributed by atoms with van der Waals surface area (Å²) >= 11 is 5.49. The van der Waals surface area contributed by atoms with Gasteiger partial charge in [-0.25, -0.2) is 9.18 Å². The molecular weight excluding hydrogens is 271 g/mol. The molecule has 0 saturated heterocycles. The van der Waals surface area contributed by atoms with Crippen LogP contribution in [0.2, 0.25) is 5.02 Å². The number of hydrogen-bond acceptors (Lipinski definition) is 3. The van der Waals surface area contributed by atoms with Gasteiger partial charge in [0, 0.05) is 10.6 Å². The molecule has 0 unspecified atom stereocenters. The summed E-state index contributed by atoms with van der Waals surface area (Å²) in [6.45, 7) is 1.16. The Morgan fingerprint density at radius 1 is 1.56 bits per heavy atom. The zero-order valence-electron chi connectivity index (χ0n) is 9.42. The first-order chi connectivity index (χ1) is 8.30. The molecule has 0 spiro atoms. The van der Waals surface area contributed by atoms with Crippen molar-refractivity contribution in [2.24, 2.45) is 5.73 Å². The SMILES string of the molecule is CCOC(=O)C(F)(F)[C@@H](N)c1ccc(Cl)cc1F. The lowest BCUT2D eigenvalue weighted by atomic mass is 10.0. The number of hydrogen-bond donors (Lipinski definition) is 1. The zero-order chi connectivity index (χ0) is 13.9. The molecule has 0 bridgehead atoms. The van der Waals surface area contributed by atoms with Crippen molar-refractivity contribution in [2.45, 2.75) is 18.9 Å². The van der Waals surface area contributed by atoms with Gasteiger partial charge in [-0.15, -0.1) is 0 Å². The van der Waals surface area contributed by atoms with Gasteiger partial charge in [0.15, 0.2) is 0 Å². The van der Waals surface area contributed by atoms with Crippen LogP contribution < -0.4 is 5.73 Å². The van der Waals surface area contributed by atoms with Gasteiger partial charge >= 0.3 is 11.9 Å². The average Bonchev–Trinajstić information content (AvgIpc) is 2.28. The van der Waals surface area contributed by atoms with Gasteiger partial charge < -0.3 is 10.5 Å². The first-order valence-electron chi connectivity index (χ1n) is 5.06. The van der Waals surface area contributed by atoms with Crippen molar-refractivity contribution in [3.05, 3.63) is 34.6 Å². The molecule has 1 rings (SSSR count). The molecule has 0 aliphatic rings. The maximum absolute atomic E-state index is 13.6. The predicted octanol–water partition coefficient (Wildman–Crippen LogP) is 2.68. The molecule has 1 atom stereocenters. The number of carbonyl (C=O) groups is 1. The lowest BCUT2D eigenvalue weighted by Crippen LogP contribution is -2.42. The van der Waals surface area contributed by atoms with E-state index in [2.05, 4.69) is 4.74 Å². The first kappa shape index (κ1) is 14.8. The molecule has 1 aromatic rings. The van der Waals surface area contributed by atoms with Gasteiger partial charge in [0.2, 0.25) is 0 Å². The summed E-state index contributed by atoms with van der Waals surface area (Å²) in [5, 5.41) is 0.0444. The van der Waals surface area contributed by atoms with Crippen LogP contribution in [0.1, 0.15) is 18.5 Å². The van der Waals surface area contributed by atoms with Crippen LogP contribution in [0.15, 0.2) is 18.2 Å². The maximum Gasteiger partial charge on any atom is 0.379 e. The van der Waals surface area contributed by atoms with E-state index in [9.17, 15) is 18.0 Å². The maximum atomic E-state index is 13.6. The minimum atomic E-state index is -4.01. The Labute approximate surface area is 107 Å². The highest BCUT2D eigenvalue weighted by molar-refractivity contribution is 6.30. The van der Waals surface area contributed by atoms with Gasteiger partial charge in [-0.1, -0.05) is 17.7 Å². The number of esters is 1. The van der Waals surface area contributed by atoms with Crippen LogP contribution >= 0.6 is 11.6 Å². The molecule has 18 heavy (non-hydrogen) atoms. The van der Waals surface area contributed by atoms with Crippen molar-refractivity contribution >= 4 is 17.6 Å². The minimum absolute atomic E-state index is 0.0444. The molecule has 7 heteroatoms. The lowest BCUT2D eigenvalue weighted by molar-refractivity contribution is -0.174. The van der Waals surface area contributed by atoms with Crippen molar-refractivity contribution in [3.8, 4) is 0 Å². The van der Waals surface area contributed by atoms with E-state index in [-0.39, 0.29) is 11.6 Å². The van der Waals surface area contributed by atoms with Crippen LogP contribution in [0.3, 0.4) is 0 Å². The van der Waals surface area contributed by atoms with Gasteiger partial charge in [-0.05, 0) is 19.1 Å². The van der Waals surface area contributed by atoms with Crippen LogP contribution in [0.5, 0.6) is 0 Å². The van der Waals surface area contributed by atoms with Crippen LogP contribution in [0.25, 0.3) is 0 Å². The highest BCUT2D eigenvalue weighted by Crippen LogP contribution is 2.32. The Balaban J connectivity index is 3.05. The Hall–Kier alpha value is -1.27. The monoisotopic (exact) mass is 281 g/mol. The van der Waals surface area contributed by atoms with Crippen molar-refractivity contribution in [1.29, 1.82) is 0 Å². The highest BCUT2D eigenvalue weighted by Gasteiger charge is 2.48.